The number of likely N-dealkylation sites (tertiary alicyclic amines) is 1. The summed E-state index contributed by atoms with van der Waals surface area (Å²) in [6, 6.07) is 5.36. The van der Waals surface area contributed by atoms with E-state index >= 15 is 0 Å². The van der Waals surface area contributed by atoms with Gasteiger partial charge in [0.25, 0.3) is 5.91 Å². The fourth-order valence-corrected chi connectivity index (χ4v) is 5.39. The Morgan fingerprint density at radius 1 is 1.07 bits per heavy atom. The van der Waals surface area contributed by atoms with E-state index in [0.717, 1.165) is 25.1 Å². The van der Waals surface area contributed by atoms with Gasteiger partial charge in [0.1, 0.15) is 17.1 Å². The van der Waals surface area contributed by atoms with Gasteiger partial charge in [0.2, 0.25) is 5.91 Å². The van der Waals surface area contributed by atoms with Crippen LogP contribution in [0.2, 0.25) is 0 Å². The Labute approximate surface area is 165 Å². The van der Waals surface area contributed by atoms with Gasteiger partial charge in [-0.3, -0.25) is 9.59 Å². The molecule has 0 saturated carbocycles. The van der Waals surface area contributed by atoms with Crippen molar-refractivity contribution in [1.82, 2.24) is 9.80 Å². The molecule has 2 saturated heterocycles. The number of carbonyl (C=O) groups is 2. The monoisotopic (exact) mass is 392 g/mol. The Balaban J connectivity index is 1.76. The summed E-state index contributed by atoms with van der Waals surface area (Å²) >= 11 is 1.86. The molecule has 1 spiro atoms. The Hall–Kier alpha value is -1.89. The first-order valence-corrected chi connectivity index (χ1v) is 10.4. The molecular weight excluding hydrogens is 364 g/mol. The van der Waals surface area contributed by atoms with E-state index in [9.17, 15) is 9.59 Å². The molecule has 2 fully saturated rings. The smallest absolute Gasteiger partial charge is 0.261 e. The number of piperidine rings is 1. The van der Waals surface area contributed by atoms with Gasteiger partial charge < -0.3 is 19.3 Å². The van der Waals surface area contributed by atoms with Gasteiger partial charge in [-0.2, -0.15) is 0 Å². The Bertz CT molecular complexity index is 692. The van der Waals surface area contributed by atoms with E-state index < -0.39 is 0 Å². The third-order valence-electron chi connectivity index (χ3n) is 5.41. The number of hydrogen-bond donors (Lipinski definition) is 0. The van der Waals surface area contributed by atoms with Crippen molar-refractivity contribution < 1.29 is 19.1 Å². The molecule has 0 atom stereocenters. The molecular formula is C20H28N2O4S. The van der Waals surface area contributed by atoms with E-state index in [2.05, 4.69) is 0 Å². The Morgan fingerprint density at radius 2 is 1.67 bits per heavy atom. The summed E-state index contributed by atoms with van der Waals surface area (Å²) in [6.45, 7) is 5.94. The minimum atomic E-state index is -0.164. The van der Waals surface area contributed by atoms with Gasteiger partial charge in [-0.25, -0.2) is 0 Å². The molecule has 0 unspecified atom stereocenters. The molecule has 3 rings (SSSR count). The maximum Gasteiger partial charge on any atom is 0.261 e. The highest BCUT2D eigenvalue weighted by atomic mass is 32.2. The molecule has 148 valence electrons. The van der Waals surface area contributed by atoms with E-state index in [1.54, 1.807) is 26.4 Å². The molecule has 7 heteroatoms. The highest BCUT2D eigenvalue weighted by molar-refractivity contribution is 8.00. The molecule has 2 heterocycles. The van der Waals surface area contributed by atoms with Crippen LogP contribution in [0.4, 0.5) is 0 Å². The number of rotatable bonds is 4. The fraction of sp³-hybridized carbons (Fsp3) is 0.600. The van der Waals surface area contributed by atoms with E-state index in [1.165, 1.54) is 0 Å². The van der Waals surface area contributed by atoms with Gasteiger partial charge >= 0.3 is 0 Å². The summed E-state index contributed by atoms with van der Waals surface area (Å²) in [7, 11) is 3.11. The summed E-state index contributed by atoms with van der Waals surface area (Å²) < 4.78 is 10.8. The van der Waals surface area contributed by atoms with Crippen LogP contribution in [0.15, 0.2) is 18.2 Å². The van der Waals surface area contributed by atoms with E-state index in [0.29, 0.717) is 30.2 Å². The second-order valence-corrected chi connectivity index (χ2v) is 8.73. The lowest BCUT2D eigenvalue weighted by atomic mass is 9.99. The number of ether oxygens (including phenoxy) is 2. The number of hydrogen-bond acceptors (Lipinski definition) is 5. The summed E-state index contributed by atoms with van der Waals surface area (Å²) in [5, 5.41) is 0. The minimum Gasteiger partial charge on any atom is -0.496 e. The highest BCUT2D eigenvalue weighted by Crippen LogP contribution is 2.45. The summed E-state index contributed by atoms with van der Waals surface area (Å²) in [5.41, 5.74) is 0.465. The lowest BCUT2D eigenvalue weighted by molar-refractivity contribution is -0.137. The van der Waals surface area contributed by atoms with Gasteiger partial charge in [-0.1, -0.05) is 19.9 Å². The first kappa shape index (κ1) is 19.9. The van der Waals surface area contributed by atoms with Gasteiger partial charge in [-0.05, 0) is 25.0 Å². The average molecular weight is 393 g/mol. The fourth-order valence-electron chi connectivity index (χ4n) is 3.92. The largest absolute Gasteiger partial charge is 0.496 e. The molecule has 0 aliphatic carbocycles. The first-order chi connectivity index (χ1) is 12.9. The second kappa shape index (κ2) is 8.00. The van der Waals surface area contributed by atoms with E-state index in [-0.39, 0.29) is 22.6 Å². The topological polar surface area (TPSA) is 59.1 Å². The summed E-state index contributed by atoms with van der Waals surface area (Å²) in [6.07, 6.45) is 1.58. The third kappa shape index (κ3) is 3.61. The Kier molecular flexibility index (Phi) is 5.89. The third-order valence-corrected chi connectivity index (χ3v) is 6.96. The van der Waals surface area contributed by atoms with Crippen molar-refractivity contribution >= 4 is 23.6 Å². The summed E-state index contributed by atoms with van der Waals surface area (Å²) in [5.74, 6) is 2.14. The van der Waals surface area contributed by atoms with E-state index in [4.69, 9.17) is 9.47 Å². The van der Waals surface area contributed by atoms with Crippen LogP contribution in [0.5, 0.6) is 11.5 Å². The number of methoxy groups -OCH3 is 2. The number of nitrogens with zero attached hydrogens (tertiary/aromatic N) is 2. The zero-order valence-corrected chi connectivity index (χ0v) is 17.3. The number of benzene rings is 1. The van der Waals surface area contributed by atoms with Gasteiger partial charge in [-0.15, -0.1) is 11.8 Å². The van der Waals surface area contributed by atoms with Crippen LogP contribution in [-0.4, -0.2) is 66.1 Å². The van der Waals surface area contributed by atoms with Crippen LogP contribution in [0.1, 0.15) is 37.0 Å². The second-order valence-electron chi connectivity index (χ2n) is 7.27. The molecule has 2 aliphatic rings. The van der Waals surface area contributed by atoms with E-state index in [1.807, 2.05) is 41.5 Å². The van der Waals surface area contributed by atoms with Crippen molar-refractivity contribution in [2.75, 3.05) is 39.6 Å². The molecule has 2 aliphatic heterocycles. The van der Waals surface area contributed by atoms with Crippen LogP contribution in [-0.2, 0) is 4.79 Å². The van der Waals surface area contributed by atoms with Gasteiger partial charge in [0, 0.05) is 31.3 Å². The van der Waals surface area contributed by atoms with Crippen LogP contribution in [0.3, 0.4) is 0 Å². The van der Waals surface area contributed by atoms with Crippen molar-refractivity contribution in [3.8, 4) is 11.5 Å². The van der Waals surface area contributed by atoms with Crippen molar-refractivity contribution in [3.63, 3.8) is 0 Å². The standard InChI is InChI=1S/C20H28N2O4S/c1-14(2)18(23)22-12-13-27-20(22)8-10-21(11-9-20)19(24)17-15(25-3)6-5-7-16(17)26-4/h5-7,14H,8-13H2,1-4H3. The van der Waals surface area contributed by atoms with Crippen molar-refractivity contribution in [1.29, 1.82) is 0 Å². The minimum absolute atomic E-state index is 0.00178. The maximum atomic E-state index is 13.2. The molecule has 0 radical (unpaired) electrons. The van der Waals surface area contributed by atoms with Gasteiger partial charge in [0.05, 0.1) is 19.1 Å². The zero-order valence-electron chi connectivity index (χ0n) is 16.5. The van der Waals surface area contributed by atoms with Crippen LogP contribution in [0.25, 0.3) is 0 Å². The molecule has 1 aromatic rings. The lowest BCUT2D eigenvalue weighted by Crippen LogP contribution is -2.54. The normalized spacial score (nSPS) is 18.9. The van der Waals surface area contributed by atoms with Crippen LogP contribution >= 0.6 is 11.8 Å². The number of amides is 2. The maximum absolute atomic E-state index is 13.2. The average Bonchev–Trinajstić information content (AvgIpc) is 3.09. The number of thioether (sulfide) groups is 1. The predicted octanol–water partition coefficient (Wildman–Crippen LogP) is 2.87. The lowest BCUT2D eigenvalue weighted by Gasteiger charge is -2.44. The van der Waals surface area contributed by atoms with Crippen LogP contribution in [0, 0.1) is 5.92 Å². The predicted molar refractivity (Wildman–Crippen MR) is 106 cm³/mol. The molecule has 0 aromatic heterocycles. The number of carbonyl (C=O) groups excluding carboxylic acids is 2. The molecule has 2 amide bonds. The quantitative estimate of drug-likeness (QED) is 0.789. The molecule has 1 aromatic carbocycles. The first-order valence-electron chi connectivity index (χ1n) is 9.39. The van der Waals surface area contributed by atoms with Gasteiger partial charge in [0.15, 0.2) is 0 Å². The van der Waals surface area contributed by atoms with Crippen molar-refractivity contribution in [2.45, 2.75) is 31.6 Å². The zero-order chi connectivity index (χ0) is 19.6. The summed E-state index contributed by atoms with van der Waals surface area (Å²) in [4.78, 5) is 29.5. The molecule has 27 heavy (non-hydrogen) atoms. The highest BCUT2D eigenvalue weighted by Gasteiger charge is 2.47. The molecule has 0 bridgehead atoms. The van der Waals surface area contributed by atoms with Crippen molar-refractivity contribution in [2.24, 2.45) is 5.92 Å². The van der Waals surface area contributed by atoms with Crippen LogP contribution < -0.4 is 9.47 Å². The Morgan fingerprint density at radius 3 is 2.19 bits per heavy atom. The van der Waals surface area contributed by atoms with Crippen molar-refractivity contribution in [3.05, 3.63) is 23.8 Å². The molecule has 0 N–H and O–H groups in total. The molecule has 6 nitrogen and oxygen atoms in total. The SMILES string of the molecule is COc1cccc(OC)c1C(=O)N1CCC2(CC1)SCCN2C(=O)C(C)C.